The van der Waals surface area contributed by atoms with Crippen molar-refractivity contribution in [2.75, 3.05) is 7.05 Å². The molecular weight excluding hydrogens is 136 g/mol. The average Bonchev–Trinajstić information content (AvgIpc) is 1.88. The summed E-state index contributed by atoms with van der Waals surface area (Å²) in [5.74, 6) is 0. The number of rotatable bonds is 4. The Morgan fingerprint density at radius 2 is 2.09 bits per heavy atom. The lowest BCUT2D eigenvalue weighted by Crippen LogP contribution is -2.38. The fraction of sp³-hybridized carbons (Fsp3) is 0.556. The molecule has 2 nitrogen and oxygen atoms in total. The van der Waals surface area contributed by atoms with Crippen molar-refractivity contribution in [2.24, 2.45) is 0 Å². The second-order valence-corrected chi connectivity index (χ2v) is 2.68. The molecule has 0 saturated carbocycles. The van der Waals surface area contributed by atoms with E-state index in [1.54, 1.807) is 0 Å². The van der Waals surface area contributed by atoms with E-state index in [1.807, 2.05) is 31.1 Å². The van der Waals surface area contributed by atoms with Gasteiger partial charge < -0.3 is 5.01 Å². The topological polar surface area (TPSA) is 15.3 Å². The average molecular weight is 154 g/mol. The van der Waals surface area contributed by atoms with Crippen LogP contribution in [0.25, 0.3) is 0 Å². The molecule has 0 radical (unpaired) electrons. The van der Waals surface area contributed by atoms with Crippen molar-refractivity contribution < 1.29 is 0 Å². The van der Waals surface area contributed by atoms with E-state index in [0.717, 1.165) is 5.70 Å². The molecule has 0 aliphatic heterocycles. The van der Waals surface area contributed by atoms with Gasteiger partial charge in [0.05, 0.1) is 0 Å². The molecule has 2 heteroatoms. The highest BCUT2D eigenvalue weighted by Gasteiger charge is 2.05. The molecule has 0 rings (SSSR count). The zero-order chi connectivity index (χ0) is 8.85. The van der Waals surface area contributed by atoms with E-state index in [4.69, 9.17) is 0 Å². The second kappa shape index (κ2) is 4.97. The summed E-state index contributed by atoms with van der Waals surface area (Å²) in [4.78, 5) is 0. The van der Waals surface area contributed by atoms with Crippen molar-refractivity contribution in [1.29, 1.82) is 0 Å². The molecule has 0 unspecified atom stereocenters. The summed E-state index contributed by atoms with van der Waals surface area (Å²) in [5.41, 5.74) is 4.06. The SMILES string of the molecule is C=C(/C=C\C)N(NC)C(C)C. The third-order valence-corrected chi connectivity index (χ3v) is 1.43. The normalized spacial score (nSPS) is 11.0. The largest absolute Gasteiger partial charge is 0.307 e. The van der Waals surface area contributed by atoms with Gasteiger partial charge >= 0.3 is 0 Å². The van der Waals surface area contributed by atoms with Crippen molar-refractivity contribution in [3.05, 3.63) is 24.4 Å². The number of allylic oxidation sites excluding steroid dienone is 2. The number of hydrogen-bond acceptors (Lipinski definition) is 2. The van der Waals surface area contributed by atoms with E-state index in [0.29, 0.717) is 6.04 Å². The van der Waals surface area contributed by atoms with Crippen molar-refractivity contribution in [2.45, 2.75) is 26.8 Å². The Kier molecular flexibility index (Phi) is 4.62. The Morgan fingerprint density at radius 1 is 1.55 bits per heavy atom. The van der Waals surface area contributed by atoms with E-state index < -0.39 is 0 Å². The maximum Gasteiger partial charge on any atom is 0.0447 e. The molecule has 0 aromatic heterocycles. The molecule has 0 bridgehead atoms. The highest BCUT2D eigenvalue weighted by Crippen LogP contribution is 2.04. The lowest BCUT2D eigenvalue weighted by molar-refractivity contribution is 0.226. The minimum atomic E-state index is 0.434. The van der Waals surface area contributed by atoms with Gasteiger partial charge in [0.25, 0.3) is 0 Å². The van der Waals surface area contributed by atoms with Crippen molar-refractivity contribution in [3.63, 3.8) is 0 Å². The Hall–Kier alpha value is -0.760. The van der Waals surface area contributed by atoms with Gasteiger partial charge in [0.1, 0.15) is 0 Å². The fourth-order valence-corrected chi connectivity index (χ4v) is 1.01. The standard InChI is InChI=1S/C9H18N2/c1-6-7-9(4)11(10-5)8(2)3/h6-8,10H,4H2,1-3,5H3/b7-6-. The monoisotopic (exact) mass is 154 g/mol. The maximum absolute atomic E-state index is 3.91. The highest BCUT2D eigenvalue weighted by atomic mass is 15.5. The molecule has 1 N–H and O–H groups in total. The molecule has 0 spiro atoms. The molecule has 0 aromatic rings. The van der Waals surface area contributed by atoms with Crippen LogP contribution in [0.2, 0.25) is 0 Å². The van der Waals surface area contributed by atoms with Crippen molar-refractivity contribution >= 4 is 0 Å². The first-order valence-electron chi connectivity index (χ1n) is 3.91. The molecule has 11 heavy (non-hydrogen) atoms. The van der Waals surface area contributed by atoms with Gasteiger partial charge in [-0.05, 0) is 26.8 Å². The molecule has 0 aliphatic carbocycles. The van der Waals surface area contributed by atoms with Gasteiger partial charge in [0.2, 0.25) is 0 Å². The summed E-state index contributed by atoms with van der Waals surface area (Å²) in [6, 6.07) is 0.434. The molecule has 64 valence electrons. The van der Waals surface area contributed by atoms with E-state index in [2.05, 4.69) is 25.9 Å². The molecule has 0 atom stereocenters. The van der Waals surface area contributed by atoms with Crippen LogP contribution in [0.4, 0.5) is 0 Å². The zero-order valence-electron chi connectivity index (χ0n) is 7.89. The number of nitrogens with one attached hydrogen (secondary N) is 1. The summed E-state index contributed by atoms with van der Waals surface area (Å²) in [7, 11) is 1.90. The molecule has 0 fully saturated rings. The second-order valence-electron chi connectivity index (χ2n) is 2.68. The molecule has 0 heterocycles. The van der Waals surface area contributed by atoms with Crippen LogP contribution in [0, 0.1) is 0 Å². The third kappa shape index (κ3) is 3.23. The molecule has 0 aliphatic rings. The predicted molar refractivity (Wildman–Crippen MR) is 50.0 cm³/mol. The van der Waals surface area contributed by atoms with Crippen LogP contribution in [0.1, 0.15) is 20.8 Å². The Morgan fingerprint density at radius 3 is 2.36 bits per heavy atom. The predicted octanol–water partition coefficient (Wildman–Crippen LogP) is 1.92. The lowest BCUT2D eigenvalue weighted by atomic mass is 10.3. The Balaban J connectivity index is 4.14. The van der Waals surface area contributed by atoms with Crippen LogP contribution in [0.5, 0.6) is 0 Å². The minimum absolute atomic E-state index is 0.434. The van der Waals surface area contributed by atoms with Gasteiger partial charge in [-0.25, -0.2) is 5.43 Å². The van der Waals surface area contributed by atoms with Gasteiger partial charge in [0, 0.05) is 18.8 Å². The van der Waals surface area contributed by atoms with Gasteiger partial charge in [-0.15, -0.1) is 0 Å². The maximum atomic E-state index is 3.91. The van der Waals surface area contributed by atoms with Crippen LogP contribution in [0.3, 0.4) is 0 Å². The number of hydrogen-bond donors (Lipinski definition) is 1. The fourth-order valence-electron chi connectivity index (χ4n) is 1.01. The quantitative estimate of drug-likeness (QED) is 0.491. The summed E-state index contributed by atoms with van der Waals surface area (Å²) in [6.07, 6.45) is 3.96. The smallest absolute Gasteiger partial charge is 0.0447 e. The van der Waals surface area contributed by atoms with Crippen molar-refractivity contribution in [3.8, 4) is 0 Å². The Bertz CT molecular complexity index is 148. The van der Waals surface area contributed by atoms with Crippen LogP contribution >= 0.6 is 0 Å². The van der Waals surface area contributed by atoms with E-state index in [1.165, 1.54) is 0 Å². The van der Waals surface area contributed by atoms with Gasteiger partial charge in [-0.3, -0.25) is 0 Å². The summed E-state index contributed by atoms with van der Waals surface area (Å²) >= 11 is 0. The van der Waals surface area contributed by atoms with Crippen LogP contribution in [-0.2, 0) is 0 Å². The molecule has 0 saturated heterocycles. The summed E-state index contributed by atoms with van der Waals surface area (Å²) in [6.45, 7) is 10.1. The van der Waals surface area contributed by atoms with E-state index in [-0.39, 0.29) is 0 Å². The number of nitrogens with zero attached hydrogens (tertiary/aromatic N) is 1. The minimum Gasteiger partial charge on any atom is -0.307 e. The van der Waals surface area contributed by atoms with Crippen LogP contribution in [-0.4, -0.2) is 18.1 Å². The highest BCUT2D eigenvalue weighted by molar-refractivity contribution is 5.12. The first-order chi connectivity index (χ1) is 5.13. The summed E-state index contributed by atoms with van der Waals surface area (Å²) in [5, 5.41) is 2.01. The Labute approximate surface area is 69.6 Å². The van der Waals surface area contributed by atoms with Gasteiger partial charge in [-0.1, -0.05) is 12.7 Å². The van der Waals surface area contributed by atoms with Crippen LogP contribution in [0.15, 0.2) is 24.4 Å². The first-order valence-corrected chi connectivity index (χ1v) is 3.91. The first kappa shape index (κ1) is 10.2. The molecule has 0 amide bonds. The third-order valence-electron chi connectivity index (χ3n) is 1.43. The summed E-state index contributed by atoms with van der Waals surface area (Å²) < 4.78 is 0. The van der Waals surface area contributed by atoms with Crippen LogP contribution < -0.4 is 5.43 Å². The van der Waals surface area contributed by atoms with Gasteiger partial charge in [0.15, 0.2) is 0 Å². The number of hydrazine groups is 1. The van der Waals surface area contributed by atoms with E-state index >= 15 is 0 Å². The van der Waals surface area contributed by atoms with Gasteiger partial charge in [-0.2, -0.15) is 0 Å². The lowest BCUT2D eigenvalue weighted by Gasteiger charge is -2.27. The van der Waals surface area contributed by atoms with E-state index in [9.17, 15) is 0 Å². The van der Waals surface area contributed by atoms with Crippen molar-refractivity contribution in [1.82, 2.24) is 10.4 Å². The zero-order valence-corrected chi connectivity index (χ0v) is 7.89. The molecule has 0 aromatic carbocycles. The molecular formula is C9H18N2.